The zero-order valence-electron chi connectivity index (χ0n) is 9.06. The van der Waals surface area contributed by atoms with Gasteiger partial charge in [-0.1, -0.05) is 41.4 Å². The predicted molar refractivity (Wildman–Crippen MR) is 67.9 cm³/mol. The van der Waals surface area contributed by atoms with Crippen LogP contribution in [0.5, 0.6) is 0 Å². The Bertz CT molecular complexity index is 518. The lowest BCUT2D eigenvalue weighted by Crippen LogP contribution is -1.77. The molecule has 0 saturated carbocycles. The van der Waals surface area contributed by atoms with Gasteiger partial charge in [-0.15, -0.1) is 0 Å². The molecule has 86 valence electrons. The van der Waals surface area contributed by atoms with Crippen molar-refractivity contribution in [3.8, 4) is 6.07 Å². The van der Waals surface area contributed by atoms with Crippen molar-refractivity contribution in [2.75, 3.05) is 0 Å². The van der Waals surface area contributed by atoms with Gasteiger partial charge in [0.15, 0.2) is 0 Å². The topological polar surface area (TPSA) is 49.6 Å². The molecule has 17 heavy (non-hydrogen) atoms. The predicted octanol–water partition coefficient (Wildman–Crippen LogP) is 3.65. The van der Waals surface area contributed by atoms with Gasteiger partial charge in [0.1, 0.15) is 16.6 Å². The van der Waals surface area contributed by atoms with Gasteiger partial charge in [0.05, 0.1) is 11.6 Å². The van der Waals surface area contributed by atoms with Crippen LogP contribution in [0.1, 0.15) is 11.1 Å². The molecule has 0 atom stereocenters. The second kappa shape index (κ2) is 6.85. The molecule has 2 rings (SSSR count). The molecule has 3 nitrogen and oxygen atoms in total. The first-order valence-corrected chi connectivity index (χ1v) is 5.48. The van der Waals surface area contributed by atoms with Crippen LogP contribution in [0.2, 0.25) is 10.3 Å². The summed E-state index contributed by atoms with van der Waals surface area (Å²) in [6.45, 7) is 1.93. The van der Waals surface area contributed by atoms with Gasteiger partial charge in [-0.2, -0.15) is 5.26 Å². The average molecular weight is 266 g/mol. The van der Waals surface area contributed by atoms with Crippen LogP contribution in [0.4, 0.5) is 0 Å². The molecule has 0 saturated heterocycles. The maximum atomic E-state index is 8.47. The number of rotatable bonds is 0. The number of benzene rings is 1. The van der Waals surface area contributed by atoms with E-state index in [1.54, 1.807) is 0 Å². The standard InChI is InChI=1S/C8H7N.C4H2Cl2N2/c1-7-4-2-3-5-8(7)6-9;5-3-1-4(6)8-2-7-3/h2-5H,1H3;1-2H. The van der Waals surface area contributed by atoms with Crippen molar-refractivity contribution in [3.05, 3.63) is 58.1 Å². The summed E-state index contributed by atoms with van der Waals surface area (Å²) >= 11 is 10.8. The fraction of sp³-hybridized carbons (Fsp3) is 0.0833. The van der Waals surface area contributed by atoms with Crippen molar-refractivity contribution in [2.24, 2.45) is 0 Å². The van der Waals surface area contributed by atoms with E-state index in [0.29, 0.717) is 10.3 Å². The maximum absolute atomic E-state index is 8.47. The van der Waals surface area contributed by atoms with Crippen LogP contribution in [0.3, 0.4) is 0 Å². The highest BCUT2D eigenvalue weighted by Crippen LogP contribution is 2.07. The van der Waals surface area contributed by atoms with E-state index < -0.39 is 0 Å². The van der Waals surface area contributed by atoms with Gasteiger partial charge in [-0.25, -0.2) is 9.97 Å². The second-order valence-corrected chi connectivity index (χ2v) is 3.86. The number of halogens is 2. The third-order valence-corrected chi connectivity index (χ3v) is 2.28. The van der Waals surface area contributed by atoms with Gasteiger partial charge in [0.2, 0.25) is 0 Å². The van der Waals surface area contributed by atoms with Crippen LogP contribution in [-0.4, -0.2) is 9.97 Å². The SMILES string of the molecule is Cc1ccccc1C#N.Clc1cc(Cl)ncn1. The molecule has 0 amide bonds. The molecule has 0 spiro atoms. The third kappa shape index (κ3) is 4.81. The zero-order valence-corrected chi connectivity index (χ0v) is 10.6. The molecule has 5 heteroatoms. The van der Waals surface area contributed by atoms with E-state index >= 15 is 0 Å². The number of aryl methyl sites for hydroxylation is 1. The van der Waals surface area contributed by atoms with Gasteiger partial charge < -0.3 is 0 Å². The molecule has 0 aliphatic carbocycles. The quantitative estimate of drug-likeness (QED) is 0.684. The molecule has 1 heterocycles. The number of hydrogen-bond donors (Lipinski definition) is 0. The van der Waals surface area contributed by atoms with Gasteiger partial charge in [-0.3, -0.25) is 0 Å². The summed E-state index contributed by atoms with van der Waals surface area (Å²) in [5, 5.41) is 9.20. The van der Waals surface area contributed by atoms with Crippen LogP contribution < -0.4 is 0 Å². The molecule has 2 aromatic rings. The molecule has 1 aromatic heterocycles. The number of nitriles is 1. The van der Waals surface area contributed by atoms with Crippen molar-refractivity contribution in [1.29, 1.82) is 5.26 Å². The molecule has 0 aliphatic heterocycles. The largest absolute Gasteiger partial charge is 0.225 e. The highest BCUT2D eigenvalue weighted by Gasteiger charge is 1.90. The van der Waals surface area contributed by atoms with Crippen LogP contribution in [-0.2, 0) is 0 Å². The number of nitrogens with zero attached hydrogens (tertiary/aromatic N) is 3. The van der Waals surface area contributed by atoms with E-state index in [1.165, 1.54) is 12.4 Å². The Balaban J connectivity index is 0.000000171. The summed E-state index contributed by atoms with van der Waals surface area (Å²) in [6.07, 6.45) is 1.31. The minimum Gasteiger partial charge on any atom is -0.225 e. The summed E-state index contributed by atoms with van der Waals surface area (Å²) in [7, 11) is 0. The van der Waals surface area contributed by atoms with Crippen molar-refractivity contribution in [2.45, 2.75) is 6.92 Å². The Morgan fingerprint density at radius 2 is 1.71 bits per heavy atom. The number of hydrogen-bond acceptors (Lipinski definition) is 3. The van der Waals surface area contributed by atoms with Crippen molar-refractivity contribution < 1.29 is 0 Å². The third-order valence-electron chi connectivity index (χ3n) is 1.87. The van der Waals surface area contributed by atoms with E-state index in [1.807, 2.05) is 31.2 Å². The monoisotopic (exact) mass is 265 g/mol. The van der Waals surface area contributed by atoms with Gasteiger partial charge in [0, 0.05) is 6.07 Å². The minimum atomic E-state index is 0.366. The molecule has 0 aliphatic rings. The Hall–Kier alpha value is -1.63. The zero-order chi connectivity index (χ0) is 12.7. The van der Waals surface area contributed by atoms with Crippen molar-refractivity contribution in [3.63, 3.8) is 0 Å². The van der Waals surface area contributed by atoms with Crippen LogP contribution >= 0.6 is 23.2 Å². The highest BCUT2D eigenvalue weighted by molar-refractivity contribution is 6.33. The second-order valence-electron chi connectivity index (χ2n) is 3.09. The summed E-state index contributed by atoms with van der Waals surface area (Å²) in [6, 6.07) is 11.1. The Labute approximate surface area is 110 Å². The van der Waals surface area contributed by atoms with Gasteiger partial charge in [0.25, 0.3) is 0 Å². The van der Waals surface area contributed by atoms with E-state index in [-0.39, 0.29) is 0 Å². The summed E-state index contributed by atoms with van der Waals surface area (Å²) < 4.78 is 0. The summed E-state index contributed by atoms with van der Waals surface area (Å²) in [4.78, 5) is 7.22. The fourth-order valence-electron chi connectivity index (χ4n) is 1.01. The first kappa shape index (κ1) is 13.4. The highest BCUT2D eigenvalue weighted by atomic mass is 35.5. The molecular formula is C12H9Cl2N3. The number of aromatic nitrogens is 2. The molecule has 0 radical (unpaired) electrons. The summed E-state index contributed by atoms with van der Waals surface area (Å²) in [5.74, 6) is 0. The first-order valence-electron chi connectivity index (χ1n) is 4.72. The fourth-order valence-corrected chi connectivity index (χ4v) is 1.36. The van der Waals surface area contributed by atoms with E-state index in [9.17, 15) is 0 Å². The molecule has 0 bridgehead atoms. The van der Waals surface area contributed by atoms with E-state index in [0.717, 1.165) is 11.1 Å². The van der Waals surface area contributed by atoms with E-state index in [4.69, 9.17) is 28.5 Å². The maximum Gasteiger partial charge on any atom is 0.133 e. The molecular weight excluding hydrogens is 257 g/mol. The minimum absolute atomic E-state index is 0.366. The Morgan fingerprint density at radius 1 is 1.12 bits per heavy atom. The average Bonchev–Trinajstić information content (AvgIpc) is 2.30. The molecule has 0 N–H and O–H groups in total. The van der Waals surface area contributed by atoms with Crippen molar-refractivity contribution in [1.82, 2.24) is 9.97 Å². The van der Waals surface area contributed by atoms with Crippen LogP contribution in [0.25, 0.3) is 0 Å². The Kier molecular flexibility index (Phi) is 5.41. The summed E-state index contributed by atoms with van der Waals surface area (Å²) in [5.41, 5.74) is 1.80. The van der Waals surface area contributed by atoms with Crippen molar-refractivity contribution >= 4 is 23.2 Å². The lowest BCUT2D eigenvalue weighted by molar-refractivity contribution is 1.17. The molecule has 1 aromatic carbocycles. The first-order chi connectivity index (χ1) is 8.13. The lowest BCUT2D eigenvalue weighted by atomic mass is 10.1. The van der Waals surface area contributed by atoms with Crippen LogP contribution in [0, 0.1) is 18.3 Å². The van der Waals surface area contributed by atoms with Gasteiger partial charge in [-0.05, 0) is 18.6 Å². The van der Waals surface area contributed by atoms with Crippen LogP contribution in [0.15, 0.2) is 36.7 Å². The lowest BCUT2D eigenvalue weighted by Gasteiger charge is -1.90. The van der Waals surface area contributed by atoms with E-state index in [2.05, 4.69) is 16.0 Å². The Morgan fingerprint density at radius 3 is 2.06 bits per heavy atom. The van der Waals surface area contributed by atoms with Gasteiger partial charge >= 0.3 is 0 Å². The normalized spacial score (nSPS) is 8.82. The smallest absolute Gasteiger partial charge is 0.133 e. The molecule has 0 unspecified atom stereocenters. The molecule has 0 fully saturated rings.